The van der Waals surface area contributed by atoms with Crippen LogP contribution in [-0.4, -0.2) is 202 Å². The van der Waals surface area contributed by atoms with Gasteiger partial charge in [0.25, 0.3) is 0 Å². The summed E-state index contributed by atoms with van der Waals surface area (Å²) >= 11 is 1.23. The van der Waals surface area contributed by atoms with Crippen molar-refractivity contribution in [1.29, 1.82) is 0 Å². The first-order valence-corrected chi connectivity index (χ1v) is 31.3. The van der Waals surface area contributed by atoms with Crippen LogP contribution in [0.3, 0.4) is 0 Å². The molecule has 9 N–H and O–H groups in total. The molecule has 83 heavy (non-hydrogen) atoms. The lowest BCUT2D eigenvalue weighted by atomic mass is 9.94. The number of aliphatic hydroxyl groups excluding tert-OH is 1. The number of hydrogen-bond donors (Lipinski definition) is 8. The van der Waals surface area contributed by atoms with Crippen LogP contribution in [0.2, 0.25) is 0 Å². The molecular formula is C56H92N4O21S2. The highest BCUT2D eigenvalue weighted by Gasteiger charge is 2.25. The van der Waals surface area contributed by atoms with Gasteiger partial charge >= 0.3 is 17.9 Å². The number of aromatic carboxylic acids is 1. The van der Waals surface area contributed by atoms with E-state index in [1.165, 1.54) is 30.8 Å². The molecular weight excluding hydrogens is 1130 g/mol. The van der Waals surface area contributed by atoms with Gasteiger partial charge in [-0.05, 0) is 89.5 Å². The second-order valence-corrected chi connectivity index (χ2v) is 22.9. The second kappa shape index (κ2) is 48.9. The van der Waals surface area contributed by atoms with Crippen molar-refractivity contribution in [3.05, 3.63) is 29.8 Å². The van der Waals surface area contributed by atoms with Crippen LogP contribution >= 0.6 is 11.8 Å². The van der Waals surface area contributed by atoms with E-state index in [1.807, 2.05) is 0 Å². The van der Waals surface area contributed by atoms with Gasteiger partial charge in [0, 0.05) is 57.1 Å². The van der Waals surface area contributed by atoms with Crippen molar-refractivity contribution in [3.8, 4) is 5.75 Å². The zero-order chi connectivity index (χ0) is 62.3. The zero-order valence-corrected chi connectivity index (χ0v) is 50.2. The van der Waals surface area contributed by atoms with Gasteiger partial charge < -0.3 is 65.8 Å². The number of Topliss-reactive ketones (excluding diaryl/α,β-unsaturated/α-hetero) is 4. The molecule has 0 fully saturated rings. The van der Waals surface area contributed by atoms with Gasteiger partial charge in [-0.2, -0.15) is 11.8 Å². The van der Waals surface area contributed by atoms with Crippen LogP contribution < -0.4 is 26.4 Å². The number of rotatable bonds is 53. The zero-order valence-electron chi connectivity index (χ0n) is 48.6. The summed E-state index contributed by atoms with van der Waals surface area (Å²) in [5, 5.41) is 44.4. The summed E-state index contributed by atoms with van der Waals surface area (Å²) in [7, 11) is -3.60. The molecule has 0 aliphatic rings. The molecule has 0 heterocycles. The summed E-state index contributed by atoms with van der Waals surface area (Å²) in [4.78, 5) is 117. The minimum absolute atomic E-state index is 0.0368. The van der Waals surface area contributed by atoms with E-state index in [9.17, 15) is 61.5 Å². The van der Waals surface area contributed by atoms with E-state index in [4.69, 9.17) is 44.7 Å². The van der Waals surface area contributed by atoms with Gasteiger partial charge in [-0.3, -0.25) is 38.4 Å². The Kier molecular flexibility index (Phi) is 45.7. The summed E-state index contributed by atoms with van der Waals surface area (Å²) in [5.41, 5.74) is 5.29. The lowest BCUT2D eigenvalue weighted by molar-refractivity contribution is -0.145. The average molecular weight is 1220 g/mol. The maximum atomic E-state index is 12.4. The van der Waals surface area contributed by atoms with Gasteiger partial charge in [0.15, 0.2) is 9.84 Å². The Balaban J connectivity index is 0.0000106. The smallest absolute Gasteiger partial charge is 0.335 e. The highest BCUT2D eigenvalue weighted by molar-refractivity contribution is 7.99. The normalized spacial score (nSPS) is 12.6. The molecule has 1 rings (SSSR count). The molecule has 0 aliphatic carbocycles. The van der Waals surface area contributed by atoms with E-state index in [0.717, 1.165) is 38.5 Å². The van der Waals surface area contributed by atoms with Crippen LogP contribution in [0.25, 0.3) is 0 Å². The lowest BCUT2D eigenvalue weighted by Crippen LogP contribution is -2.42. The number of aliphatic carboxylic acids is 2. The fourth-order valence-corrected chi connectivity index (χ4v) is 9.74. The highest BCUT2D eigenvalue weighted by atomic mass is 32.2. The fraction of sp³-hybridized carbons (Fsp3) is 0.714. The van der Waals surface area contributed by atoms with Crippen molar-refractivity contribution >= 4 is 80.4 Å². The van der Waals surface area contributed by atoms with Crippen LogP contribution in [0.15, 0.2) is 24.3 Å². The van der Waals surface area contributed by atoms with E-state index in [1.54, 1.807) is 26.0 Å². The number of hydrogen-bond acceptors (Lipinski definition) is 20. The average Bonchev–Trinajstić information content (AvgIpc) is 3.43. The molecule has 0 spiro atoms. The number of sulfone groups is 1. The van der Waals surface area contributed by atoms with E-state index in [-0.39, 0.29) is 156 Å². The standard InChI is InChI=1S/C52H83N3O20S2.C4H9NO/c1-2-39(46(59)32-41(33-56)51(65)66)36-76-37-49(62)53-22-10-9-17-45(52(67)68)55-48(61)35-74-30-28-72-26-23-54-47(60)34-73-29-27-71-24-12-15-42(57)16-13-31-77(69,70)38-43(58)14-8-6-4-3-5-7-11-25-75-44-20-18-40(19-21-44)50(63)64;1-3(5)4(2)6/h18-21,39,41,45,56H,2-17,22-38H2,1H3,(H,53,62)(H,54,60)(H,55,61)(H,63,64)(H,65,66)(H,67,68);3H,5H2,1-2H3/t39-,41-,45+;3-/m00/s1. The number of carboxylic acids is 3. The molecule has 1 aromatic rings. The number of carboxylic acid groups (broad SMARTS) is 3. The SMILES string of the molecule is CC(=O)[C@H](C)N.CC[C@@H](CSCC(=O)NCCCC[C@@H](NC(=O)COCCOCCNC(=O)COCCOCCCC(=O)CCCS(=O)(=O)CC(=O)CCCCCCCCCOc1ccc(C(=O)O)cc1)C(=O)O)C(=O)C[C@@H](CO)C(=O)O. The second-order valence-electron chi connectivity index (χ2n) is 19.7. The Hall–Kier alpha value is -5.42. The maximum Gasteiger partial charge on any atom is 0.335 e. The molecule has 27 heteroatoms. The third-order valence-electron chi connectivity index (χ3n) is 12.3. The molecule has 0 aliphatic heterocycles. The molecule has 1 aromatic carbocycles. The third-order valence-corrected chi connectivity index (χ3v) is 15.1. The number of amides is 3. The molecule has 4 atom stereocenters. The van der Waals surface area contributed by atoms with Gasteiger partial charge in [0.05, 0.1) is 75.3 Å². The maximum absolute atomic E-state index is 12.4. The quantitative estimate of drug-likeness (QED) is 0.0433. The first kappa shape index (κ1) is 77.6. The molecule has 0 saturated carbocycles. The Morgan fingerprint density at radius 3 is 1.78 bits per heavy atom. The van der Waals surface area contributed by atoms with E-state index < -0.39 is 70.5 Å². The molecule has 0 aromatic heterocycles. The summed E-state index contributed by atoms with van der Waals surface area (Å²) in [5.74, 6) is -6.68. The number of carbonyl (C=O) groups excluding carboxylic acids is 7. The van der Waals surface area contributed by atoms with E-state index in [2.05, 4.69) is 16.0 Å². The number of ether oxygens (including phenoxy) is 5. The molecule has 0 unspecified atom stereocenters. The highest BCUT2D eigenvalue weighted by Crippen LogP contribution is 2.19. The van der Waals surface area contributed by atoms with Gasteiger partial charge in [-0.25, -0.2) is 18.0 Å². The predicted molar refractivity (Wildman–Crippen MR) is 309 cm³/mol. The number of unbranched alkanes of at least 4 members (excludes halogenated alkanes) is 7. The minimum atomic E-state index is -3.60. The molecule has 0 radical (unpaired) electrons. The number of nitrogens with two attached hydrogens (primary N) is 1. The predicted octanol–water partition coefficient (Wildman–Crippen LogP) is 3.37. The van der Waals surface area contributed by atoms with Crippen LogP contribution in [0.4, 0.5) is 0 Å². The molecule has 3 amide bonds. The summed E-state index contributed by atoms with van der Waals surface area (Å²) in [6.07, 6.45) is 8.54. The van der Waals surface area contributed by atoms with E-state index >= 15 is 0 Å². The monoisotopic (exact) mass is 1220 g/mol. The van der Waals surface area contributed by atoms with Crippen molar-refractivity contribution < 1.29 is 100 Å². The first-order valence-electron chi connectivity index (χ1n) is 28.3. The number of aliphatic hydroxyl groups is 1. The number of thioether (sulfide) groups is 1. The van der Waals surface area contributed by atoms with Gasteiger partial charge in [0.1, 0.15) is 53.9 Å². The summed E-state index contributed by atoms with van der Waals surface area (Å²) in [6, 6.07) is 4.83. The Morgan fingerprint density at radius 1 is 0.627 bits per heavy atom. The topological polar surface area (TPSA) is 394 Å². The van der Waals surface area contributed by atoms with Gasteiger partial charge in [-0.15, -0.1) is 0 Å². The fourth-order valence-electron chi connectivity index (χ4n) is 7.27. The summed E-state index contributed by atoms with van der Waals surface area (Å²) < 4.78 is 51.8. The van der Waals surface area contributed by atoms with Crippen molar-refractivity contribution in [1.82, 2.24) is 16.0 Å². The van der Waals surface area contributed by atoms with Crippen LogP contribution in [0.5, 0.6) is 5.75 Å². The number of carbonyl (C=O) groups is 10. The van der Waals surface area contributed by atoms with Gasteiger partial charge in [0.2, 0.25) is 17.7 Å². The van der Waals surface area contributed by atoms with E-state index in [0.29, 0.717) is 50.2 Å². The molecule has 25 nitrogen and oxygen atoms in total. The first-order chi connectivity index (χ1) is 39.5. The number of ketones is 4. The minimum Gasteiger partial charge on any atom is -0.494 e. The Morgan fingerprint density at radius 2 is 1.19 bits per heavy atom. The van der Waals surface area contributed by atoms with Crippen LogP contribution in [0, 0.1) is 11.8 Å². The Bertz CT molecular complexity index is 2180. The molecule has 0 saturated heterocycles. The van der Waals surface area contributed by atoms with Crippen molar-refractivity contribution in [2.45, 2.75) is 142 Å². The lowest BCUT2D eigenvalue weighted by Gasteiger charge is -2.16. The van der Waals surface area contributed by atoms with Crippen LogP contribution in [-0.2, 0) is 71.9 Å². The Labute approximate surface area is 492 Å². The van der Waals surface area contributed by atoms with Gasteiger partial charge in [-0.1, -0.05) is 39.0 Å². The molecule has 0 bridgehead atoms. The molecule has 474 valence electrons. The van der Waals surface area contributed by atoms with Crippen molar-refractivity contribution in [2.24, 2.45) is 17.6 Å². The summed E-state index contributed by atoms with van der Waals surface area (Å²) in [6.45, 7) is 5.61. The number of benzene rings is 1. The van der Waals surface area contributed by atoms with Crippen molar-refractivity contribution in [3.63, 3.8) is 0 Å². The van der Waals surface area contributed by atoms with Crippen LogP contribution in [0.1, 0.15) is 140 Å². The van der Waals surface area contributed by atoms with Crippen molar-refractivity contribution in [2.75, 3.05) is 102 Å². The third kappa shape index (κ3) is 44.7. The largest absolute Gasteiger partial charge is 0.494 e. The number of nitrogens with one attached hydrogen (secondary N) is 3.